The lowest BCUT2D eigenvalue weighted by atomic mass is 10.2. The van der Waals surface area contributed by atoms with Crippen LogP contribution in [-0.4, -0.2) is 42.1 Å². The molecule has 3 rings (SSSR count). The number of carbonyl (C=O) groups excluding carboxylic acids is 1. The van der Waals surface area contributed by atoms with E-state index < -0.39 is 0 Å². The van der Waals surface area contributed by atoms with Crippen LogP contribution in [0.5, 0.6) is 0 Å². The highest BCUT2D eigenvalue weighted by Gasteiger charge is 2.25. The van der Waals surface area contributed by atoms with Crippen molar-refractivity contribution in [1.29, 1.82) is 0 Å². The maximum absolute atomic E-state index is 12.3. The number of aryl methyl sites for hydroxylation is 1. The van der Waals surface area contributed by atoms with Gasteiger partial charge in [0.25, 0.3) is 0 Å². The first-order valence-electron chi connectivity index (χ1n) is 7.84. The normalized spacial score (nSPS) is 17.3. The van der Waals surface area contributed by atoms with E-state index in [1.807, 2.05) is 31.2 Å². The van der Waals surface area contributed by atoms with Crippen LogP contribution in [0.1, 0.15) is 17.7 Å². The van der Waals surface area contributed by atoms with Crippen LogP contribution in [0.4, 0.5) is 10.6 Å². The summed E-state index contributed by atoms with van der Waals surface area (Å²) in [6, 6.07) is 7.88. The molecule has 2 amide bonds. The molecule has 6 nitrogen and oxygen atoms in total. The lowest BCUT2D eigenvalue weighted by Gasteiger charge is -2.21. The Hall–Kier alpha value is -2.50. The summed E-state index contributed by atoms with van der Waals surface area (Å²) in [5, 5.41) is 3.10. The maximum Gasteiger partial charge on any atom is 0.317 e. The van der Waals surface area contributed by atoms with E-state index in [9.17, 15) is 4.79 Å². The third-order valence-electron chi connectivity index (χ3n) is 4.21. The molecule has 0 spiro atoms. The number of hydrogen-bond acceptors (Lipinski definition) is 4. The zero-order chi connectivity index (χ0) is 16.2. The van der Waals surface area contributed by atoms with Crippen molar-refractivity contribution < 1.29 is 9.21 Å². The van der Waals surface area contributed by atoms with Crippen molar-refractivity contribution in [3.05, 3.63) is 48.0 Å². The molecular formula is C17H22N4O2. The van der Waals surface area contributed by atoms with Gasteiger partial charge < -0.3 is 19.5 Å². The van der Waals surface area contributed by atoms with Crippen LogP contribution in [0.25, 0.3) is 0 Å². The number of anilines is 1. The zero-order valence-corrected chi connectivity index (χ0v) is 13.5. The summed E-state index contributed by atoms with van der Waals surface area (Å²) in [6.07, 6.45) is 4.38. The second kappa shape index (κ2) is 6.73. The van der Waals surface area contributed by atoms with Gasteiger partial charge in [-0.05, 0) is 31.5 Å². The molecule has 0 radical (unpaired) electrons. The second-order valence-corrected chi connectivity index (χ2v) is 5.93. The monoisotopic (exact) mass is 314 g/mol. The van der Waals surface area contributed by atoms with E-state index in [0.29, 0.717) is 6.54 Å². The summed E-state index contributed by atoms with van der Waals surface area (Å²) in [5.74, 6) is 1.82. The van der Waals surface area contributed by atoms with Crippen molar-refractivity contribution in [2.75, 3.05) is 25.0 Å². The number of urea groups is 1. The third-order valence-corrected chi connectivity index (χ3v) is 4.21. The Kier molecular flexibility index (Phi) is 4.50. The molecule has 1 atom stereocenters. The Morgan fingerprint density at radius 1 is 1.48 bits per heavy atom. The summed E-state index contributed by atoms with van der Waals surface area (Å²) in [5.41, 5.74) is 1.03. The summed E-state index contributed by atoms with van der Waals surface area (Å²) in [4.78, 5) is 20.6. The fourth-order valence-corrected chi connectivity index (χ4v) is 2.81. The molecule has 0 bridgehead atoms. The Labute approximate surface area is 136 Å². The van der Waals surface area contributed by atoms with Gasteiger partial charge in [-0.2, -0.15) is 0 Å². The number of rotatable bonds is 4. The van der Waals surface area contributed by atoms with Gasteiger partial charge in [0.1, 0.15) is 11.6 Å². The van der Waals surface area contributed by atoms with Crippen LogP contribution in [0.2, 0.25) is 0 Å². The van der Waals surface area contributed by atoms with Crippen LogP contribution in [-0.2, 0) is 6.54 Å². The smallest absolute Gasteiger partial charge is 0.317 e. The molecule has 1 saturated heterocycles. The van der Waals surface area contributed by atoms with Crippen LogP contribution in [0.3, 0.4) is 0 Å². The Morgan fingerprint density at radius 2 is 2.35 bits per heavy atom. The molecule has 2 aromatic heterocycles. The summed E-state index contributed by atoms with van der Waals surface area (Å²) in [7, 11) is 1.80. The first-order valence-corrected chi connectivity index (χ1v) is 7.84. The van der Waals surface area contributed by atoms with Crippen LogP contribution >= 0.6 is 0 Å². The number of furan rings is 1. The molecular weight excluding hydrogens is 292 g/mol. The SMILES string of the molecule is Cc1occc1CN(C)C(=O)N[C@@H]1CCN(c2ccccn2)C1. The lowest BCUT2D eigenvalue weighted by Crippen LogP contribution is -2.44. The predicted molar refractivity (Wildman–Crippen MR) is 88.3 cm³/mol. The van der Waals surface area contributed by atoms with Crippen molar-refractivity contribution in [2.45, 2.75) is 25.9 Å². The van der Waals surface area contributed by atoms with Crippen LogP contribution in [0, 0.1) is 6.92 Å². The molecule has 2 aromatic rings. The van der Waals surface area contributed by atoms with Gasteiger partial charge in [0.05, 0.1) is 12.8 Å². The Morgan fingerprint density at radius 3 is 3.04 bits per heavy atom. The van der Waals surface area contributed by atoms with E-state index in [2.05, 4.69) is 15.2 Å². The van der Waals surface area contributed by atoms with Crippen LogP contribution < -0.4 is 10.2 Å². The average Bonchev–Trinajstić information content (AvgIpc) is 3.18. The molecule has 0 aliphatic carbocycles. The van der Waals surface area contributed by atoms with E-state index in [4.69, 9.17) is 4.42 Å². The predicted octanol–water partition coefficient (Wildman–Crippen LogP) is 2.40. The summed E-state index contributed by atoms with van der Waals surface area (Å²) < 4.78 is 5.27. The van der Waals surface area contributed by atoms with E-state index in [1.54, 1.807) is 24.4 Å². The van der Waals surface area contributed by atoms with Gasteiger partial charge in [-0.15, -0.1) is 0 Å². The molecule has 1 fully saturated rings. The first-order chi connectivity index (χ1) is 11.1. The topological polar surface area (TPSA) is 61.6 Å². The molecule has 3 heterocycles. The number of nitrogens with one attached hydrogen (secondary N) is 1. The van der Waals surface area contributed by atoms with Gasteiger partial charge in [-0.1, -0.05) is 6.07 Å². The highest BCUT2D eigenvalue weighted by molar-refractivity contribution is 5.74. The Bertz CT molecular complexity index is 656. The van der Waals surface area contributed by atoms with E-state index in [1.165, 1.54) is 0 Å². The first kappa shape index (κ1) is 15.4. The van der Waals surface area contributed by atoms with Gasteiger partial charge in [-0.25, -0.2) is 9.78 Å². The molecule has 23 heavy (non-hydrogen) atoms. The minimum absolute atomic E-state index is 0.0570. The fourth-order valence-electron chi connectivity index (χ4n) is 2.81. The van der Waals surface area contributed by atoms with Gasteiger partial charge in [0, 0.05) is 37.9 Å². The van der Waals surface area contributed by atoms with Crippen molar-refractivity contribution in [3.8, 4) is 0 Å². The highest BCUT2D eigenvalue weighted by atomic mass is 16.3. The van der Waals surface area contributed by atoms with E-state index in [-0.39, 0.29) is 12.1 Å². The molecule has 1 N–H and O–H groups in total. The number of aromatic nitrogens is 1. The van der Waals surface area contributed by atoms with Crippen molar-refractivity contribution in [3.63, 3.8) is 0 Å². The molecule has 0 aromatic carbocycles. The Balaban J connectivity index is 1.51. The number of amides is 2. The molecule has 0 unspecified atom stereocenters. The van der Waals surface area contributed by atoms with Gasteiger partial charge >= 0.3 is 6.03 Å². The minimum Gasteiger partial charge on any atom is -0.469 e. The molecule has 6 heteroatoms. The number of hydrogen-bond donors (Lipinski definition) is 1. The quantitative estimate of drug-likeness (QED) is 0.941. The van der Waals surface area contributed by atoms with E-state index in [0.717, 1.165) is 36.7 Å². The molecule has 0 saturated carbocycles. The third kappa shape index (κ3) is 3.64. The largest absolute Gasteiger partial charge is 0.469 e. The lowest BCUT2D eigenvalue weighted by molar-refractivity contribution is 0.203. The van der Waals surface area contributed by atoms with E-state index >= 15 is 0 Å². The molecule has 1 aliphatic rings. The molecule has 1 aliphatic heterocycles. The van der Waals surface area contributed by atoms with Gasteiger partial charge in [0.2, 0.25) is 0 Å². The highest BCUT2D eigenvalue weighted by Crippen LogP contribution is 2.17. The summed E-state index contributed by atoms with van der Waals surface area (Å²) >= 11 is 0. The fraction of sp³-hybridized carbons (Fsp3) is 0.412. The zero-order valence-electron chi connectivity index (χ0n) is 13.5. The number of nitrogens with zero attached hydrogens (tertiary/aromatic N) is 3. The second-order valence-electron chi connectivity index (χ2n) is 5.93. The van der Waals surface area contributed by atoms with Gasteiger partial charge in [-0.3, -0.25) is 0 Å². The van der Waals surface area contributed by atoms with Crippen molar-refractivity contribution >= 4 is 11.8 Å². The number of carbonyl (C=O) groups is 1. The van der Waals surface area contributed by atoms with Crippen LogP contribution in [0.15, 0.2) is 41.1 Å². The molecule has 122 valence electrons. The number of pyridine rings is 1. The summed E-state index contributed by atoms with van der Waals surface area (Å²) in [6.45, 7) is 4.15. The van der Waals surface area contributed by atoms with Crippen molar-refractivity contribution in [1.82, 2.24) is 15.2 Å². The maximum atomic E-state index is 12.3. The van der Waals surface area contributed by atoms with Gasteiger partial charge in [0.15, 0.2) is 0 Å². The standard InChI is InChI=1S/C17H22N4O2/c1-13-14(7-10-23-13)11-20(2)17(22)19-15-6-9-21(12-15)16-5-3-4-8-18-16/h3-5,7-8,10,15H,6,9,11-12H2,1-2H3,(H,19,22)/t15-/m1/s1. The minimum atomic E-state index is -0.0570. The average molecular weight is 314 g/mol. The van der Waals surface area contributed by atoms with Crippen molar-refractivity contribution in [2.24, 2.45) is 0 Å².